The third kappa shape index (κ3) is 4.31. The van der Waals surface area contributed by atoms with Crippen molar-refractivity contribution in [3.63, 3.8) is 0 Å². The van der Waals surface area contributed by atoms with Crippen LogP contribution in [0.5, 0.6) is 0 Å². The van der Waals surface area contributed by atoms with E-state index in [1.807, 2.05) is 57.2 Å². The maximum Gasteiger partial charge on any atom is 0.243 e. The molecule has 0 unspecified atom stereocenters. The Morgan fingerprint density at radius 2 is 1.72 bits per heavy atom. The fourth-order valence-electron chi connectivity index (χ4n) is 4.41. The smallest absolute Gasteiger partial charge is 0.243 e. The molecule has 9 heteroatoms. The van der Waals surface area contributed by atoms with Crippen LogP contribution in [0.3, 0.4) is 0 Å². The third-order valence-corrected chi connectivity index (χ3v) is 8.06. The zero-order valence-corrected chi connectivity index (χ0v) is 19.3. The number of hydrogen-bond acceptors (Lipinski definition) is 5. The summed E-state index contributed by atoms with van der Waals surface area (Å²) in [6, 6.07) is 11.2. The van der Waals surface area contributed by atoms with Crippen LogP contribution in [-0.4, -0.2) is 46.7 Å². The van der Waals surface area contributed by atoms with Gasteiger partial charge >= 0.3 is 0 Å². The summed E-state index contributed by atoms with van der Waals surface area (Å²) in [6.45, 7) is 6.26. The summed E-state index contributed by atoms with van der Waals surface area (Å²) in [6.07, 6.45) is 4.23. The van der Waals surface area contributed by atoms with Crippen LogP contribution < -0.4 is 5.32 Å². The highest BCUT2D eigenvalue weighted by Crippen LogP contribution is 2.29. The molecule has 1 saturated heterocycles. The van der Waals surface area contributed by atoms with Gasteiger partial charge in [0, 0.05) is 19.0 Å². The van der Waals surface area contributed by atoms with Crippen LogP contribution in [0.4, 0.5) is 5.69 Å². The van der Waals surface area contributed by atoms with Crippen molar-refractivity contribution in [2.24, 2.45) is 5.92 Å². The van der Waals surface area contributed by atoms with E-state index in [2.05, 4.69) is 15.6 Å². The summed E-state index contributed by atoms with van der Waals surface area (Å²) in [5.41, 5.74) is 3.92. The average Bonchev–Trinajstić information content (AvgIpc) is 3.28. The Balaban J connectivity index is 1.45. The molecule has 1 fully saturated rings. The van der Waals surface area contributed by atoms with E-state index >= 15 is 0 Å². The quantitative estimate of drug-likeness (QED) is 0.640. The van der Waals surface area contributed by atoms with Gasteiger partial charge in [0.15, 0.2) is 0 Å². The van der Waals surface area contributed by atoms with Gasteiger partial charge in [-0.05, 0) is 56.9 Å². The first-order valence-corrected chi connectivity index (χ1v) is 12.1. The molecule has 0 atom stereocenters. The largest absolute Gasteiger partial charge is 0.324 e. The molecule has 2 aromatic carbocycles. The van der Waals surface area contributed by atoms with E-state index < -0.39 is 10.0 Å². The lowest BCUT2D eigenvalue weighted by Crippen LogP contribution is -2.41. The number of aromatic nitrogens is 3. The fourth-order valence-corrected chi connectivity index (χ4v) is 6.29. The summed E-state index contributed by atoms with van der Waals surface area (Å²) in [7, 11) is -3.60. The van der Waals surface area contributed by atoms with Gasteiger partial charge in [-0.15, -0.1) is 5.10 Å². The van der Waals surface area contributed by atoms with Crippen molar-refractivity contribution in [3.05, 3.63) is 65.5 Å². The van der Waals surface area contributed by atoms with Gasteiger partial charge in [0.2, 0.25) is 15.9 Å². The van der Waals surface area contributed by atoms with E-state index in [0.717, 1.165) is 22.4 Å². The molecule has 168 valence electrons. The molecule has 2 heterocycles. The Morgan fingerprint density at radius 1 is 1.06 bits per heavy atom. The minimum absolute atomic E-state index is 0.114. The summed E-state index contributed by atoms with van der Waals surface area (Å²) in [4.78, 5) is 13.3. The first-order valence-electron chi connectivity index (χ1n) is 10.6. The first kappa shape index (κ1) is 22.2. The van der Waals surface area contributed by atoms with E-state index in [0.29, 0.717) is 36.5 Å². The number of nitrogens with one attached hydrogen (secondary N) is 1. The van der Waals surface area contributed by atoms with Crippen LogP contribution >= 0.6 is 0 Å². The molecule has 0 radical (unpaired) electrons. The van der Waals surface area contributed by atoms with Gasteiger partial charge in [0.1, 0.15) is 0 Å². The van der Waals surface area contributed by atoms with Crippen molar-refractivity contribution in [2.75, 3.05) is 18.4 Å². The molecule has 4 rings (SSSR count). The summed E-state index contributed by atoms with van der Waals surface area (Å²) in [5.74, 6) is -0.372. The number of nitrogens with zero attached hydrogens (tertiary/aromatic N) is 4. The van der Waals surface area contributed by atoms with Crippen molar-refractivity contribution in [2.45, 2.75) is 38.5 Å². The number of carbonyl (C=O) groups excluding carboxylic acids is 1. The molecule has 1 aliphatic heterocycles. The third-order valence-electron chi connectivity index (χ3n) is 5.86. The topological polar surface area (TPSA) is 97.2 Å². The van der Waals surface area contributed by atoms with Gasteiger partial charge in [-0.1, -0.05) is 35.0 Å². The fraction of sp³-hybridized carbons (Fsp3) is 0.348. The Hall–Kier alpha value is -3.04. The normalized spacial score (nSPS) is 15.6. The van der Waals surface area contributed by atoms with Gasteiger partial charge < -0.3 is 5.32 Å². The lowest BCUT2D eigenvalue weighted by atomic mass is 9.97. The molecule has 1 N–H and O–H groups in total. The molecular formula is C23H27N5O3S. The molecule has 1 aliphatic rings. The van der Waals surface area contributed by atoms with E-state index in [-0.39, 0.29) is 11.8 Å². The SMILES string of the molecule is Cc1cc(C)c(S(=O)(=O)N2CCC(C(=O)Nc3ccccc3-n3ccnn3)CC2)c(C)c1. The standard InChI is InChI=1S/C23H27N5O3S/c1-16-14-17(2)22(18(3)15-16)32(30,31)27-11-8-19(9-12-27)23(29)25-20-6-4-5-7-21(20)28-13-10-24-26-28/h4-7,10,13-15,19H,8-9,11-12H2,1-3H3,(H,25,29). The second-order valence-corrected chi connectivity index (χ2v) is 10.1. The van der Waals surface area contributed by atoms with Crippen molar-refractivity contribution < 1.29 is 13.2 Å². The molecular weight excluding hydrogens is 426 g/mol. The predicted octanol–water partition coefficient (Wildman–Crippen LogP) is 3.23. The number of amides is 1. The number of anilines is 1. The number of sulfonamides is 1. The number of aryl methyl sites for hydroxylation is 3. The Kier molecular flexibility index (Phi) is 6.12. The van der Waals surface area contributed by atoms with Crippen LogP contribution in [-0.2, 0) is 14.8 Å². The summed E-state index contributed by atoms with van der Waals surface area (Å²) >= 11 is 0. The first-order chi connectivity index (χ1) is 15.3. The highest BCUT2D eigenvalue weighted by molar-refractivity contribution is 7.89. The van der Waals surface area contributed by atoms with Crippen molar-refractivity contribution in [1.29, 1.82) is 0 Å². The van der Waals surface area contributed by atoms with Crippen molar-refractivity contribution >= 4 is 21.6 Å². The summed E-state index contributed by atoms with van der Waals surface area (Å²) < 4.78 is 29.7. The van der Waals surface area contributed by atoms with E-state index in [1.165, 1.54) is 4.31 Å². The number of benzene rings is 2. The predicted molar refractivity (Wildman–Crippen MR) is 122 cm³/mol. The Labute approximate surface area is 188 Å². The minimum atomic E-state index is -3.60. The van der Waals surface area contributed by atoms with E-state index in [4.69, 9.17) is 0 Å². The molecule has 3 aromatic rings. The lowest BCUT2D eigenvalue weighted by molar-refractivity contribution is -0.120. The minimum Gasteiger partial charge on any atom is -0.324 e. The van der Waals surface area contributed by atoms with Gasteiger partial charge in [0.25, 0.3) is 0 Å². The van der Waals surface area contributed by atoms with Crippen LogP contribution in [0.15, 0.2) is 53.7 Å². The molecule has 0 bridgehead atoms. The Morgan fingerprint density at radius 3 is 2.34 bits per heavy atom. The van der Waals surface area contributed by atoms with Gasteiger partial charge in [-0.25, -0.2) is 13.1 Å². The molecule has 1 amide bonds. The average molecular weight is 454 g/mol. The van der Waals surface area contributed by atoms with Crippen molar-refractivity contribution in [1.82, 2.24) is 19.3 Å². The monoisotopic (exact) mass is 453 g/mol. The van der Waals surface area contributed by atoms with Gasteiger partial charge in [0.05, 0.1) is 28.7 Å². The maximum absolute atomic E-state index is 13.3. The Bertz CT molecular complexity index is 1210. The number of carbonyl (C=O) groups is 1. The van der Waals surface area contributed by atoms with E-state index in [1.54, 1.807) is 17.1 Å². The summed E-state index contributed by atoms with van der Waals surface area (Å²) in [5, 5.41) is 10.8. The number of rotatable bonds is 5. The van der Waals surface area contributed by atoms with Crippen LogP contribution in [0, 0.1) is 26.7 Å². The second-order valence-electron chi connectivity index (χ2n) is 8.26. The van der Waals surface area contributed by atoms with E-state index in [9.17, 15) is 13.2 Å². The van der Waals surface area contributed by atoms with Crippen molar-refractivity contribution in [3.8, 4) is 5.69 Å². The highest BCUT2D eigenvalue weighted by Gasteiger charge is 2.34. The maximum atomic E-state index is 13.3. The van der Waals surface area contributed by atoms with Gasteiger partial charge in [-0.3, -0.25) is 4.79 Å². The number of hydrogen-bond donors (Lipinski definition) is 1. The van der Waals surface area contributed by atoms with Crippen LogP contribution in [0.1, 0.15) is 29.5 Å². The lowest BCUT2D eigenvalue weighted by Gasteiger charge is -2.31. The van der Waals surface area contributed by atoms with Crippen LogP contribution in [0.2, 0.25) is 0 Å². The molecule has 0 aliphatic carbocycles. The molecule has 8 nitrogen and oxygen atoms in total. The van der Waals surface area contributed by atoms with Crippen LogP contribution in [0.25, 0.3) is 5.69 Å². The zero-order chi connectivity index (χ0) is 22.9. The number of para-hydroxylation sites is 2. The number of piperidine rings is 1. The van der Waals surface area contributed by atoms with Gasteiger partial charge in [-0.2, -0.15) is 4.31 Å². The molecule has 0 spiro atoms. The molecule has 0 saturated carbocycles. The second kappa shape index (κ2) is 8.84. The highest BCUT2D eigenvalue weighted by atomic mass is 32.2. The zero-order valence-electron chi connectivity index (χ0n) is 18.4. The molecule has 32 heavy (non-hydrogen) atoms. The molecule has 1 aromatic heterocycles.